The van der Waals surface area contributed by atoms with Gasteiger partial charge in [-0.3, -0.25) is 4.90 Å². The minimum absolute atomic E-state index is 0.336. The van der Waals surface area contributed by atoms with Crippen LogP contribution in [0.1, 0.15) is 32.4 Å². The Balaban J connectivity index is 1.75. The van der Waals surface area contributed by atoms with Crippen LogP contribution < -0.4 is 10.1 Å². The highest BCUT2D eigenvalue weighted by molar-refractivity contribution is 5.67. The molecule has 1 aliphatic rings. The summed E-state index contributed by atoms with van der Waals surface area (Å²) in [4.78, 5) is 11.5. The number of aromatic nitrogens is 2. The lowest BCUT2D eigenvalue weighted by molar-refractivity contribution is 0.174. The van der Waals surface area contributed by atoms with Gasteiger partial charge >= 0.3 is 0 Å². The van der Waals surface area contributed by atoms with Gasteiger partial charge in [0.15, 0.2) is 0 Å². The van der Waals surface area contributed by atoms with Gasteiger partial charge in [-0.05, 0) is 52.3 Å². The Morgan fingerprint density at radius 3 is 2.77 bits per heavy atom. The third-order valence-corrected chi connectivity index (χ3v) is 4.96. The summed E-state index contributed by atoms with van der Waals surface area (Å²) in [6.07, 6.45) is 3.98. The van der Waals surface area contributed by atoms with E-state index in [0.29, 0.717) is 34.9 Å². The number of rotatable bonds is 5. The Morgan fingerprint density at radius 1 is 1.31 bits per heavy atom. The number of methoxy groups -OCH3 is 1. The van der Waals surface area contributed by atoms with Crippen molar-refractivity contribution in [2.45, 2.75) is 45.7 Å². The number of piperidine rings is 1. The molecule has 2 aromatic rings. The summed E-state index contributed by atoms with van der Waals surface area (Å²) in [5.41, 5.74) is 1.93. The molecule has 0 spiro atoms. The molecular formula is C20H27FN4O. The first-order valence-corrected chi connectivity index (χ1v) is 9.16. The topological polar surface area (TPSA) is 50.3 Å². The molecule has 1 N–H and O–H groups in total. The Labute approximate surface area is 154 Å². The van der Waals surface area contributed by atoms with Crippen LogP contribution in [0, 0.1) is 12.7 Å². The van der Waals surface area contributed by atoms with Crippen LogP contribution in [0.4, 0.5) is 10.3 Å². The lowest BCUT2D eigenvalue weighted by Gasteiger charge is -2.35. The van der Waals surface area contributed by atoms with Crippen molar-refractivity contribution in [1.82, 2.24) is 14.9 Å². The van der Waals surface area contributed by atoms with Gasteiger partial charge in [-0.2, -0.15) is 0 Å². The van der Waals surface area contributed by atoms with Gasteiger partial charge in [-0.25, -0.2) is 14.4 Å². The van der Waals surface area contributed by atoms with Crippen LogP contribution in [0.15, 0.2) is 24.4 Å². The Kier molecular flexibility index (Phi) is 5.71. The molecule has 0 aliphatic carbocycles. The van der Waals surface area contributed by atoms with Crippen molar-refractivity contribution < 1.29 is 9.13 Å². The maximum atomic E-state index is 14.3. The molecule has 2 heterocycles. The predicted octanol–water partition coefficient (Wildman–Crippen LogP) is 3.88. The van der Waals surface area contributed by atoms with Crippen molar-refractivity contribution in [3.63, 3.8) is 0 Å². The first kappa shape index (κ1) is 18.6. The summed E-state index contributed by atoms with van der Waals surface area (Å²) >= 11 is 0. The van der Waals surface area contributed by atoms with Gasteiger partial charge in [-0.15, -0.1) is 0 Å². The Bertz CT molecular complexity index is 765. The van der Waals surface area contributed by atoms with Gasteiger partial charge in [-0.1, -0.05) is 0 Å². The average molecular weight is 358 g/mol. The third-order valence-electron chi connectivity index (χ3n) is 4.96. The molecule has 0 radical (unpaired) electrons. The molecule has 3 rings (SSSR count). The van der Waals surface area contributed by atoms with E-state index < -0.39 is 0 Å². The van der Waals surface area contributed by atoms with Crippen LogP contribution in [0.3, 0.4) is 0 Å². The van der Waals surface area contributed by atoms with Crippen LogP contribution >= 0.6 is 0 Å². The molecule has 1 unspecified atom stereocenters. The lowest BCUT2D eigenvalue weighted by Crippen LogP contribution is -2.45. The van der Waals surface area contributed by atoms with Crippen molar-refractivity contribution in [2.24, 2.45) is 0 Å². The highest BCUT2D eigenvalue weighted by atomic mass is 19.1. The van der Waals surface area contributed by atoms with Crippen molar-refractivity contribution in [3.8, 4) is 16.9 Å². The van der Waals surface area contributed by atoms with E-state index in [0.717, 1.165) is 25.2 Å². The standard InChI is InChI=1S/C20H27FN4O/c1-13(2)25-9-5-6-15(12-25)24-20-22-11-18(14(3)23-20)17-8-7-16(26-4)10-19(17)21/h7-8,10-11,13,15H,5-6,9,12H2,1-4H3,(H,22,23,24). The summed E-state index contributed by atoms with van der Waals surface area (Å²) in [6, 6.07) is 5.71. The zero-order chi connectivity index (χ0) is 18.7. The zero-order valence-corrected chi connectivity index (χ0v) is 15.9. The molecule has 6 heteroatoms. The van der Waals surface area contributed by atoms with Crippen LogP contribution in [0.5, 0.6) is 5.75 Å². The number of hydrogen-bond acceptors (Lipinski definition) is 5. The maximum absolute atomic E-state index is 14.3. The van der Waals surface area contributed by atoms with Gasteiger partial charge in [0.25, 0.3) is 0 Å². The van der Waals surface area contributed by atoms with Crippen molar-refractivity contribution in [1.29, 1.82) is 0 Å². The van der Waals surface area contributed by atoms with E-state index >= 15 is 0 Å². The molecular weight excluding hydrogens is 331 g/mol. The van der Waals surface area contributed by atoms with Crippen molar-refractivity contribution in [2.75, 3.05) is 25.5 Å². The second-order valence-corrected chi connectivity index (χ2v) is 7.11. The number of nitrogens with one attached hydrogen (secondary N) is 1. The number of likely N-dealkylation sites (tertiary alicyclic amines) is 1. The molecule has 0 bridgehead atoms. The number of anilines is 1. The maximum Gasteiger partial charge on any atom is 0.223 e. The zero-order valence-electron chi connectivity index (χ0n) is 15.9. The third kappa shape index (κ3) is 4.12. The molecule has 1 fully saturated rings. The molecule has 26 heavy (non-hydrogen) atoms. The number of halogens is 1. The summed E-state index contributed by atoms with van der Waals surface area (Å²) < 4.78 is 19.4. The van der Waals surface area contributed by atoms with Gasteiger partial charge < -0.3 is 10.1 Å². The molecule has 1 aromatic heterocycles. The molecule has 1 atom stereocenters. The SMILES string of the molecule is COc1ccc(-c2cnc(NC3CCCN(C(C)C)C3)nc2C)c(F)c1. The fourth-order valence-corrected chi connectivity index (χ4v) is 3.42. The first-order chi connectivity index (χ1) is 12.5. The molecule has 0 saturated carbocycles. The van der Waals surface area contributed by atoms with E-state index in [-0.39, 0.29) is 5.82 Å². The minimum Gasteiger partial charge on any atom is -0.497 e. The van der Waals surface area contributed by atoms with E-state index in [1.54, 1.807) is 18.3 Å². The summed E-state index contributed by atoms with van der Waals surface area (Å²) in [5.74, 6) is 0.766. The summed E-state index contributed by atoms with van der Waals surface area (Å²) in [5, 5.41) is 3.44. The van der Waals surface area contributed by atoms with E-state index in [1.165, 1.54) is 19.6 Å². The molecule has 5 nitrogen and oxygen atoms in total. The van der Waals surface area contributed by atoms with Gasteiger partial charge in [0, 0.05) is 42.0 Å². The Hall–Kier alpha value is -2.21. The van der Waals surface area contributed by atoms with Crippen molar-refractivity contribution >= 4 is 5.95 Å². The van der Waals surface area contributed by atoms with Crippen LogP contribution in [-0.2, 0) is 0 Å². The highest BCUT2D eigenvalue weighted by Gasteiger charge is 2.22. The Morgan fingerprint density at radius 2 is 2.12 bits per heavy atom. The van der Waals surface area contributed by atoms with E-state index in [4.69, 9.17) is 4.74 Å². The molecule has 1 saturated heterocycles. The van der Waals surface area contributed by atoms with Crippen LogP contribution in [-0.4, -0.2) is 47.2 Å². The van der Waals surface area contributed by atoms with Gasteiger partial charge in [0.05, 0.1) is 12.8 Å². The quantitative estimate of drug-likeness (QED) is 0.879. The lowest BCUT2D eigenvalue weighted by atomic mass is 10.0. The summed E-state index contributed by atoms with van der Waals surface area (Å²) in [7, 11) is 1.52. The van der Waals surface area contributed by atoms with E-state index in [1.807, 2.05) is 6.92 Å². The van der Waals surface area contributed by atoms with E-state index in [2.05, 4.69) is 34.0 Å². The number of hydrogen-bond donors (Lipinski definition) is 1. The van der Waals surface area contributed by atoms with Crippen molar-refractivity contribution in [3.05, 3.63) is 35.9 Å². The van der Waals surface area contributed by atoms with Crippen LogP contribution in [0.2, 0.25) is 0 Å². The predicted molar refractivity (Wildman–Crippen MR) is 102 cm³/mol. The van der Waals surface area contributed by atoms with Crippen LogP contribution in [0.25, 0.3) is 11.1 Å². The second kappa shape index (κ2) is 7.99. The van der Waals surface area contributed by atoms with Gasteiger partial charge in [0.2, 0.25) is 5.95 Å². The molecule has 1 aromatic carbocycles. The first-order valence-electron chi connectivity index (χ1n) is 9.16. The summed E-state index contributed by atoms with van der Waals surface area (Å²) in [6.45, 7) is 8.47. The number of benzene rings is 1. The fourth-order valence-electron chi connectivity index (χ4n) is 3.42. The smallest absolute Gasteiger partial charge is 0.223 e. The fraction of sp³-hybridized carbons (Fsp3) is 0.500. The number of ether oxygens (including phenoxy) is 1. The minimum atomic E-state index is -0.336. The average Bonchev–Trinajstić information content (AvgIpc) is 2.62. The number of aryl methyl sites for hydroxylation is 1. The second-order valence-electron chi connectivity index (χ2n) is 7.11. The van der Waals surface area contributed by atoms with Gasteiger partial charge in [0.1, 0.15) is 11.6 Å². The molecule has 140 valence electrons. The molecule has 0 amide bonds. The number of nitrogens with zero attached hydrogens (tertiary/aromatic N) is 3. The largest absolute Gasteiger partial charge is 0.497 e. The highest BCUT2D eigenvalue weighted by Crippen LogP contribution is 2.28. The molecule has 1 aliphatic heterocycles. The monoisotopic (exact) mass is 358 g/mol. The normalized spacial score (nSPS) is 18.2. The van der Waals surface area contributed by atoms with E-state index in [9.17, 15) is 4.39 Å².